The number of nitrogens with one attached hydrogen (secondary N) is 1. The van der Waals surface area contributed by atoms with Crippen LogP contribution in [0.1, 0.15) is 30.9 Å². The number of ether oxygens (including phenoxy) is 1. The van der Waals surface area contributed by atoms with E-state index in [2.05, 4.69) is 42.5 Å². The Hall–Kier alpha value is -1.70. The summed E-state index contributed by atoms with van der Waals surface area (Å²) in [6.07, 6.45) is 6.64. The molecule has 1 N–H and O–H groups in total. The third kappa shape index (κ3) is 4.03. The molecule has 1 aliphatic rings. The van der Waals surface area contributed by atoms with E-state index in [1.165, 1.54) is 5.69 Å². The maximum Gasteiger partial charge on any atom is 0.124 e. The van der Waals surface area contributed by atoms with Crippen molar-refractivity contribution in [2.75, 3.05) is 39.9 Å². The fourth-order valence-electron chi connectivity index (χ4n) is 3.40. The SMILES string of the molecule is CCN1CCN(Cc2ccnn2CCCOC)CC1c1ncc[nH]1. The van der Waals surface area contributed by atoms with Gasteiger partial charge in [0.1, 0.15) is 5.82 Å². The van der Waals surface area contributed by atoms with Gasteiger partial charge in [0.05, 0.1) is 11.7 Å². The number of hydrogen-bond acceptors (Lipinski definition) is 5. The minimum atomic E-state index is 0.337. The molecule has 1 unspecified atom stereocenters. The number of aryl methyl sites for hydroxylation is 1. The van der Waals surface area contributed by atoms with Crippen LogP contribution in [-0.2, 0) is 17.8 Å². The summed E-state index contributed by atoms with van der Waals surface area (Å²) in [7, 11) is 1.74. The van der Waals surface area contributed by atoms with Gasteiger partial charge in [-0.05, 0) is 19.0 Å². The lowest BCUT2D eigenvalue weighted by Crippen LogP contribution is -2.48. The topological polar surface area (TPSA) is 62.2 Å². The van der Waals surface area contributed by atoms with Crippen molar-refractivity contribution >= 4 is 0 Å². The zero-order chi connectivity index (χ0) is 16.8. The number of rotatable bonds is 8. The van der Waals surface area contributed by atoms with Crippen LogP contribution in [-0.4, -0.2) is 69.4 Å². The van der Waals surface area contributed by atoms with Crippen LogP contribution in [0.5, 0.6) is 0 Å². The summed E-state index contributed by atoms with van der Waals surface area (Å²) < 4.78 is 7.25. The lowest BCUT2D eigenvalue weighted by molar-refractivity contribution is 0.0679. The summed E-state index contributed by atoms with van der Waals surface area (Å²) in [6.45, 7) is 9.02. The van der Waals surface area contributed by atoms with E-state index in [-0.39, 0.29) is 0 Å². The molecule has 1 aliphatic heterocycles. The van der Waals surface area contributed by atoms with Crippen molar-refractivity contribution in [1.29, 1.82) is 0 Å². The number of hydrogen-bond donors (Lipinski definition) is 1. The Kier molecular flexibility index (Phi) is 6.01. The van der Waals surface area contributed by atoms with Gasteiger partial charge in [-0.25, -0.2) is 4.98 Å². The number of H-pyrrole nitrogens is 1. The molecule has 132 valence electrons. The molecule has 24 heavy (non-hydrogen) atoms. The molecule has 3 heterocycles. The highest BCUT2D eigenvalue weighted by atomic mass is 16.5. The maximum atomic E-state index is 5.14. The van der Waals surface area contributed by atoms with E-state index in [0.29, 0.717) is 6.04 Å². The van der Waals surface area contributed by atoms with Crippen LogP contribution in [0.4, 0.5) is 0 Å². The molecule has 7 nitrogen and oxygen atoms in total. The fraction of sp³-hybridized carbons (Fsp3) is 0.647. The van der Waals surface area contributed by atoms with Gasteiger partial charge in [-0.15, -0.1) is 0 Å². The van der Waals surface area contributed by atoms with Gasteiger partial charge in [-0.3, -0.25) is 14.5 Å². The second kappa shape index (κ2) is 8.41. The highest BCUT2D eigenvalue weighted by Crippen LogP contribution is 2.23. The van der Waals surface area contributed by atoms with Crippen molar-refractivity contribution in [2.24, 2.45) is 0 Å². The van der Waals surface area contributed by atoms with Gasteiger partial charge in [0, 0.05) is 65.0 Å². The van der Waals surface area contributed by atoms with Gasteiger partial charge >= 0.3 is 0 Å². The van der Waals surface area contributed by atoms with Crippen molar-refractivity contribution in [3.8, 4) is 0 Å². The zero-order valence-corrected chi connectivity index (χ0v) is 14.7. The molecule has 1 atom stereocenters. The monoisotopic (exact) mass is 332 g/mol. The molecule has 7 heteroatoms. The van der Waals surface area contributed by atoms with E-state index in [9.17, 15) is 0 Å². The number of imidazole rings is 1. The quantitative estimate of drug-likeness (QED) is 0.743. The first-order valence-electron chi connectivity index (χ1n) is 8.77. The minimum absolute atomic E-state index is 0.337. The Morgan fingerprint density at radius 2 is 2.25 bits per heavy atom. The van der Waals surface area contributed by atoms with E-state index >= 15 is 0 Å². The molecule has 2 aromatic heterocycles. The molecule has 0 bridgehead atoms. The summed E-state index contributed by atoms with van der Waals surface area (Å²) in [6, 6.07) is 2.46. The molecule has 0 saturated carbocycles. The minimum Gasteiger partial charge on any atom is -0.385 e. The van der Waals surface area contributed by atoms with Gasteiger partial charge in [0.15, 0.2) is 0 Å². The summed E-state index contributed by atoms with van der Waals surface area (Å²) in [5, 5.41) is 4.46. The van der Waals surface area contributed by atoms with Crippen LogP contribution >= 0.6 is 0 Å². The molecule has 0 aliphatic carbocycles. The molecular weight excluding hydrogens is 304 g/mol. The fourth-order valence-corrected chi connectivity index (χ4v) is 3.40. The molecule has 1 fully saturated rings. The average Bonchev–Trinajstić information content (AvgIpc) is 3.27. The second-order valence-electron chi connectivity index (χ2n) is 6.25. The van der Waals surface area contributed by atoms with E-state index in [4.69, 9.17) is 4.74 Å². The van der Waals surface area contributed by atoms with Crippen LogP contribution in [0.25, 0.3) is 0 Å². The molecule has 0 aromatic carbocycles. The second-order valence-corrected chi connectivity index (χ2v) is 6.25. The number of aromatic amines is 1. The van der Waals surface area contributed by atoms with Crippen LogP contribution in [0, 0.1) is 0 Å². The third-order valence-corrected chi connectivity index (χ3v) is 4.73. The summed E-state index contributed by atoms with van der Waals surface area (Å²) >= 11 is 0. The zero-order valence-electron chi connectivity index (χ0n) is 14.7. The highest BCUT2D eigenvalue weighted by molar-refractivity contribution is 5.04. The Balaban J connectivity index is 1.63. The van der Waals surface area contributed by atoms with E-state index in [1.54, 1.807) is 7.11 Å². The number of methoxy groups -OCH3 is 1. The van der Waals surface area contributed by atoms with Crippen LogP contribution in [0.3, 0.4) is 0 Å². The number of nitrogens with zero attached hydrogens (tertiary/aromatic N) is 5. The van der Waals surface area contributed by atoms with Crippen LogP contribution in [0.15, 0.2) is 24.7 Å². The molecule has 3 rings (SSSR count). The largest absolute Gasteiger partial charge is 0.385 e. The Morgan fingerprint density at radius 1 is 1.33 bits per heavy atom. The molecule has 0 amide bonds. The Bertz CT molecular complexity index is 596. The van der Waals surface area contributed by atoms with Crippen molar-refractivity contribution in [3.63, 3.8) is 0 Å². The molecule has 0 spiro atoms. The maximum absolute atomic E-state index is 5.14. The number of piperazine rings is 1. The molecule has 0 radical (unpaired) electrons. The molecule has 2 aromatic rings. The average molecular weight is 332 g/mol. The van der Waals surface area contributed by atoms with E-state index in [0.717, 1.165) is 58.1 Å². The van der Waals surface area contributed by atoms with E-state index in [1.807, 2.05) is 18.6 Å². The molecular formula is C17H28N6O. The highest BCUT2D eigenvalue weighted by Gasteiger charge is 2.29. The van der Waals surface area contributed by atoms with E-state index < -0.39 is 0 Å². The van der Waals surface area contributed by atoms with Gasteiger partial charge in [0.25, 0.3) is 0 Å². The number of likely N-dealkylation sites (N-methyl/N-ethyl adjacent to an activating group) is 1. The van der Waals surface area contributed by atoms with Gasteiger partial charge in [-0.1, -0.05) is 6.92 Å². The van der Waals surface area contributed by atoms with Gasteiger partial charge in [-0.2, -0.15) is 5.10 Å². The molecule has 1 saturated heterocycles. The third-order valence-electron chi connectivity index (χ3n) is 4.73. The Labute approximate surface area is 143 Å². The first-order chi connectivity index (χ1) is 11.8. The smallest absolute Gasteiger partial charge is 0.124 e. The Morgan fingerprint density at radius 3 is 3.00 bits per heavy atom. The lowest BCUT2D eigenvalue weighted by atomic mass is 10.1. The summed E-state index contributed by atoms with van der Waals surface area (Å²) in [5.41, 5.74) is 1.27. The predicted molar refractivity (Wildman–Crippen MR) is 92.6 cm³/mol. The van der Waals surface area contributed by atoms with Crippen molar-refractivity contribution in [2.45, 2.75) is 32.5 Å². The van der Waals surface area contributed by atoms with Gasteiger partial charge in [0.2, 0.25) is 0 Å². The predicted octanol–water partition coefficient (Wildman–Crippen LogP) is 1.52. The van der Waals surface area contributed by atoms with Crippen molar-refractivity contribution in [1.82, 2.24) is 29.5 Å². The van der Waals surface area contributed by atoms with Crippen LogP contribution in [0.2, 0.25) is 0 Å². The van der Waals surface area contributed by atoms with Crippen molar-refractivity contribution < 1.29 is 4.74 Å². The normalized spacial score (nSPS) is 19.8. The lowest BCUT2D eigenvalue weighted by Gasteiger charge is -2.40. The first-order valence-corrected chi connectivity index (χ1v) is 8.77. The standard InChI is InChI=1S/C17H28N6O/c1-3-22-11-10-21(14-16(22)17-18-7-8-19-17)13-15-5-6-20-23(15)9-4-12-24-2/h5-8,16H,3-4,9-14H2,1-2H3,(H,18,19). The van der Waals surface area contributed by atoms with Gasteiger partial charge < -0.3 is 9.72 Å². The van der Waals surface area contributed by atoms with Crippen molar-refractivity contribution in [3.05, 3.63) is 36.2 Å². The number of aromatic nitrogens is 4. The van der Waals surface area contributed by atoms with Crippen LogP contribution < -0.4 is 0 Å². The summed E-state index contributed by atoms with van der Waals surface area (Å²) in [4.78, 5) is 12.8. The first kappa shape index (κ1) is 17.1. The summed E-state index contributed by atoms with van der Waals surface area (Å²) in [5.74, 6) is 1.06.